The first kappa shape index (κ1) is 16.3. The summed E-state index contributed by atoms with van der Waals surface area (Å²) in [4.78, 5) is 11.6. The first-order valence-electron chi connectivity index (χ1n) is 7.01. The summed E-state index contributed by atoms with van der Waals surface area (Å²) in [5.74, 6) is 0.429. The van der Waals surface area contributed by atoms with Crippen molar-refractivity contribution in [3.8, 4) is 5.75 Å². The number of rotatable bonds is 8. The number of carbonyl (C=O) groups excluding carboxylic acids is 1. The van der Waals surface area contributed by atoms with Gasteiger partial charge in [-0.05, 0) is 29.8 Å². The third-order valence-electron chi connectivity index (χ3n) is 2.86. The zero-order valence-electron chi connectivity index (χ0n) is 12.1. The molecule has 0 aliphatic heterocycles. The van der Waals surface area contributed by atoms with Crippen LogP contribution in [0.1, 0.15) is 5.56 Å². The highest BCUT2D eigenvalue weighted by molar-refractivity contribution is 6.30. The van der Waals surface area contributed by atoms with Gasteiger partial charge in [-0.25, -0.2) is 0 Å². The van der Waals surface area contributed by atoms with Gasteiger partial charge < -0.3 is 14.8 Å². The van der Waals surface area contributed by atoms with Crippen LogP contribution in [0.2, 0.25) is 5.02 Å². The van der Waals surface area contributed by atoms with Gasteiger partial charge in [-0.15, -0.1) is 0 Å². The van der Waals surface area contributed by atoms with Crippen LogP contribution in [-0.2, 0) is 16.1 Å². The third-order valence-corrected chi connectivity index (χ3v) is 3.12. The van der Waals surface area contributed by atoms with Crippen LogP contribution in [-0.4, -0.2) is 25.7 Å². The monoisotopic (exact) mass is 319 g/mol. The minimum atomic E-state index is -0.182. The average molecular weight is 320 g/mol. The minimum Gasteiger partial charge on any atom is -0.484 e. The van der Waals surface area contributed by atoms with E-state index in [0.717, 1.165) is 5.56 Å². The zero-order chi connectivity index (χ0) is 15.6. The van der Waals surface area contributed by atoms with Gasteiger partial charge in [0.2, 0.25) is 0 Å². The molecule has 0 aliphatic rings. The molecule has 2 aromatic rings. The molecule has 0 radical (unpaired) electrons. The minimum absolute atomic E-state index is 0.0275. The van der Waals surface area contributed by atoms with E-state index in [1.165, 1.54) is 0 Å². The number of hydrogen-bond acceptors (Lipinski definition) is 3. The molecule has 2 rings (SSSR count). The van der Waals surface area contributed by atoms with E-state index in [2.05, 4.69) is 5.32 Å². The van der Waals surface area contributed by atoms with Gasteiger partial charge in [-0.1, -0.05) is 41.9 Å². The molecule has 4 nitrogen and oxygen atoms in total. The van der Waals surface area contributed by atoms with Crippen LogP contribution in [0, 0.1) is 0 Å². The Morgan fingerprint density at radius 1 is 1.05 bits per heavy atom. The summed E-state index contributed by atoms with van der Waals surface area (Å²) in [5.41, 5.74) is 1.11. The largest absolute Gasteiger partial charge is 0.484 e. The average Bonchev–Trinajstić information content (AvgIpc) is 2.55. The van der Waals surface area contributed by atoms with E-state index in [1.807, 2.05) is 30.3 Å². The van der Waals surface area contributed by atoms with Crippen LogP contribution in [0.4, 0.5) is 0 Å². The van der Waals surface area contributed by atoms with Crippen molar-refractivity contribution in [1.29, 1.82) is 0 Å². The van der Waals surface area contributed by atoms with Crippen molar-refractivity contribution in [2.24, 2.45) is 0 Å². The van der Waals surface area contributed by atoms with Crippen molar-refractivity contribution in [3.05, 3.63) is 65.2 Å². The molecule has 2 aromatic carbocycles. The Kier molecular flexibility index (Phi) is 6.74. The molecule has 22 heavy (non-hydrogen) atoms. The third kappa shape index (κ3) is 6.16. The number of amides is 1. The number of nitrogens with one attached hydrogen (secondary N) is 1. The van der Waals surface area contributed by atoms with Crippen LogP contribution in [0.5, 0.6) is 5.75 Å². The van der Waals surface area contributed by atoms with E-state index in [-0.39, 0.29) is 12.5 Å². The Labute approximate surface area is 135 Å². The lowest BCUT2D eigenvalue weighted by molar-refractivity contribution is -0.123. The molecule has 5 heteroatoms. The van der Waals surface area contributed by atoms with Gasteiger partial charge in [-0.3, -0.25) is 4.79 Å². The Morgan fingerprint density at radius 2 is 1.77 bits per heavy atom. The fourth-order valence-corrected chi connectivity index (χ4v) is 1.88. The summed E-state index contributed by atoms with van der Waals surface area (Å²) >= 11 is 5.77. The van der Waals surface area contributed by atoms with Crippen LogP contribution < -0.4 is 10.1 Å². The van der Waals surface area contributed by atoms with Crippen LogP contribution in [0.3, 0.4) is 0 Å². The normalized spacial score (nSPS) is 10.2. The van der Waals surface area contributed by atoms with Crippen molar-refractivity contribution in [3.63, 3.8) is 0 Å². The van der Waals surface area contributed by atoms with Gasteiger partial charge in [-0.2, -0.15) is 0 Å². The topological polar surface area (TPSA) is 47.6 Å². The fourth-order valence-electron chi connectivity index (χ4n) is 1.76. The summed E-state index contributed by atoms with van der Waals surface area (Å²) < 4.78 is 10.8. The molecule has 0 bridgehead atoms. The molecule has 0 heterocycles. The predicted molar refractivity (Wildman–Crippen MR) is 86.1 cm³/mol. The number of ether oxygens (including phenoxy) is 2. The Morgan fingerprint density at radius 3 is 2.50 bits per heavy atom. The molecular weight excluding hydrogens is 302 g/mol. The van der Waals surface area contributed by atoms with Crippen molar-refractivity contribution >= 4 is 17.5 Å². The molecule has 0 saturated heterocycles. The number of carbonyl (C=O) groups is 1. The smallest absolute Gasteiger partial charge is 0.258 e. The van der Waals surface area contributed by atoms with Crippen LogP contribution in [0.15, 0.2) is 54.6 Å². The van der Waals surface area contributed by atoms with Crippen LogP contribution >= 0.6 is 11.6 Å². The molecular formula is C17H18ClNO3. The van der Waals surface area contributed by atoms with Gasteiger partial charge in [0, 0.05) is 11.6 Å². The first-order chi connectivity index (χ1) is 10.7. The van der Waals surface area contributed by atoms with E-state index >= 15 is 0 Å². The van der Waals surface area contributed by atoms with E-state index in [0.29, 0.717) is 30.5 Å². The number of hydrogen-bond donors (Lipinski definition) is 1. The lowest BCUT2D eigenvalue weighted by Gasteiger charge is -2.08. The second kappa shape index (κ2) is 9.07. The summed E-state index contributed by atoms with van der Waals surface area (Å²) in [6.45, 7) is 1.43. The maximum absolute atomic E-state index is 11.6. The molecule has 0 atom stereocenters. The van der Waals surface area contributed by atoms with Crippen LogP contribution in [0.25, 0.3) is 0 Å². The Hall–Kier alpha value is -2.04. The van der Waals surface area contributed by atoms with Gasteiger partial charge >= 0.3 is 0 Å². The molecule has 116 valence electrons. The summed E-state index contributed by atoms with van der Waals surface area (Å²) in [7, 11) is 0. The summed E-state index contributed by atoms with van der Waals surface area (Å²) in [6, 6.07) is 16.8. The zero-order valence-corrected chi connectivity index (χ0v) is 12.9. The number of halogens is 1. The molecule has 1 amide bonds. The standard InChI is InChI=1S/C17H18ClNO3/c18-15-6-8-16(9-7-15)22-13-17(20)19-10-11-21-12-14-4-2-1-3-5-14/h1-9H,10-13H2,(H,19,20). The molecule has 0 fully saturated rings. The maximum atomic E-state index is 11.6. The highest BCUT2D eigenvalue weighted by Crippen LogP contribution is 2.15. The number of benzene rings is 2. The van der Waals surface area contributed by atoms with Gasteiger partial charge in [0.25, 0.3) is 5.91 Å². The Bertz CT molecular complexity index is 572. The van der Waals surface area contributed by atoms with E-state index < -0.39 is 0 Å². The van der Waals surface area contributed by atoms with Crippen molar-refractivity contribution in [1.82, 2.24) is 5.32 Å². The maximum Gasteiger partial charge on any atom is 0.258 e. The van der Waals surface area contributed by atoms with E-state index in [4.69, 9.17) is 21.1 Å². The lowest BCUT2D eigenvalue weighted by Crippen LogP contribution is -2.31. The molecule has 0 saturated carbocycles. The van der Waals surface area contributed by atoms with Gasteiger partial charge in [0.05, 0.1) is 13.2 Å². The quantitative estimate of drug-likeness (QED) is 0.761. The van der Waals surface area contributed by atoms with Crippen molar-refractivity contribution in [2.45, 2.75) is 6.61 Å². The molecule has 1 N–H and O–H groups in total. The highest BCUT2D eigenvalue weighted by Gasteiger charge is 2.02. The molecule has 0 spiro atoms. The molecule has 0 aliphatic carbocycles. The summed E-state index contributed by atoms with van der Waals surface area (Å²) in [5, 5.41) is 3.37. The highest BCUT2D eigenvalue weighted by atomic mass is 35.5. The summed E-state index contributed by atoms with van der Waals surface area (Å²) in [6.07, 6.45) is 0. The van der Waals surface area contributed by atoms with E-state index in [1.54, 1.807) is 24.3 Å². The van der Waals surface area contributed by atoms with Crippen molar-refractivity contribution in [2.75, 3.05) is 19.8 Å². The predicted octanol–water partition coefficient (Wildman–Crippen LogP) is 3.05. The fraction of sp³-hybridized carbons (Fsp3) is 0.235. The lowest BCUT2D eigenvalue weighted by atomic mass is 10.2. The Balaban J connectivity index is 1.55. The van der Waals surface area contributed by atoms with Gasteiger partial charge in [0.1, 0.15) is 5.75 Å². The molecule has 0 unspecified atom stereocenters. The second-order valence-corrected chi connectivity index (χ2v) is 5.07. The SMILES string of the molecule is O=C(COc1ccc(Cl)cc1)NCCOCc1ccccc1. The molecule has 0 aromatic heterocycles. The van der Waals surface area contributed by atoms with E-state index in [9.17, 15) is 4.79 Å². The van der Waals surface area contributed by atoms with Crippen molar-refractivity contribution < 1.29 is 14.3 Å². The first-order valence-corrected chi connectivity index (χ1v) is 7.38. The van der Waals surface area contributed by atoms with Gasteiger partial charge in [0.15, 0.2) is 6.61 Å². The second-order valence-electron chi connectivity index (χ2n) is 4.63.